The zero-order valence-electron chi connectivity index (χ0n) is 16.3. The highest BCUT2D eigenvalue weighted by molar-refractivity contribution is 5.78. The molecule has 0 spiro atoms. The first-order valence-electron chi connectivity index (χ1n) is 10.1. The molecule has 0 fully saturated rings. The van der Waals surface area contributed by atoms with Gasteiger partial charge in [-0.2, -0.15) is 0 Å². The molecule has 4 heteroatoms. The molecule has 0 saturated heterocycles. The van der Waals surface area contributed by atoms with Crippen molar-refractivity contribution < 1.29 is 4.42 Å². The van der Waals surface area contributed by atoms with E-state index in [0.29, 0.717) is 0 Å². The van der Waals surface area contributed by atoms with E-state index >= 15 is 0 Å². The van der Waals surface area contributed by atoms with Crippen LogP contribution in [0.25, 0.3) is 11.0 Å². The average molecular weight is 381 g/mol. The maximum absolute atomic E-state index is 5.79. The third-order valence-corrected chi connectivity index (χ3v) is 5.43. The molecule has 144 valence electrons. The smallest absolute Gasteiger partial charge is 0.178 e. The van der Waals surface area contributed by atoms with E-state index in [9.17, 15) is 0 Å². The van der Waals surface area contributed by atoms with Crippen LogP contribution in [-0.2, 0) is 6.54 Å². The SMILES string of the molecule is C(#Cc1cc2ccccc2o1)CN1CCC2=C(CN(Cc3ccccc3)C=N2)C1. The second-order valence-electron chi connectivity index (χ2n) is 7.60. The normalized spacial score (nSPS) is 16.6. The molecule has 0 unspecified atom stereocenters. The summed E-state index contributed by atoms with van der Waals surface area (Å²) in [4.78, 5) is 9.41. The first kappa shape index (κ1) is 17.8. The molecule has 0 bridgehead atoms. The molecule has 1 aromatic heterocycles. The predicted octanol–water partition coefficient (Wildman–Crippen LogP) is 4.29. The predicted molar refractivity (Wildman–Crippen MR) is 117 cm³/mol. The van der Waals surface area contributed by atoms with E-state index in [1.807, 2.05) is 36.7 Å². The highest BCUT2D eigenvalue weighted by Crippen LogP contribution is 2.23. The van der Waals surface area contributed by atoms with Crippen molar-refractivity contribution in [3.63, 3.8) is 0 Å². The van der Waals surface area contributed by atoms with Crippen molar-refractivity contribution in [1.82, 2.24) is 9.80 Å². The number of hydrogen-bond acceptors (Lipinski definition) is 4. The monoisotopic (exact) mass is 381 g/mol. The minimum absolute atomic E-state index is 0.736. The van der Waals surface area contributed by atoms with E-state index in [0.717, 1.165) is 55.9 Å². The lowest BCUT2D eigenvalue weighted by Gasteiger charge is -2.33. The highest BCUT2D eigenvalue weighted by Gasteiger charge is 2.22. The van der Waals surface area contributed by atoms with Crippen molar-refractivity contribution in [2.45, 2.75) is 13.0 Å². The van der Waals surface area contributed by atoms with Gasteiger partial charge in [0, 0.05) is 49.7 Å². The first-order valence-corrected chi connectivity index (χ1v) is 10.1. The van der Waals surface area contributed by atoms with Crippen LogP contribution in [0.15, 0.2) is 81.3 Å². The second kappa shape index (κ2) is 7.98. The summed E-state index contributed by atoms with van der Waals surface area (Å²) in [5.74, 6) is 7.20. The average Bonchev–Trinajstić information content (AvgIpc) is 3.17. The van der Waals surface area contributed by atoms with Crippen LogP contribution in [0.3, 0.4) is 0 Å². The largest absolute Gasteiger partial charge is 0.448 e. The number of furan rings is 1. The molecule has 0 amide bonds. The van der Waals surface area contributed by atoms with E-state index in [1.54, 1.807) is 0 Å². The van der Waals surface area contributed by atoms with E-state index in [1.165, 1.54) is 16.8 Å². The summed E-state index contributed by atoms with van der Waals surface area (Å²) >= 11 is 0. The van der Waals surface area contributed by atoms with E-state index in [4.69, 9.17) is 9.41 Å². The Hall–Kier alpha value is -3.29. The van der Waals surface area contributed by atoms with Gasteiger partial charge in [0.05, 0.1) is 12.9 Å². The highest BCUT2D eigenvalue weighted by atomic mass is 16.3. The third-order valence-electron chi connectivity index (χ3n) is 5.43. The molecule has 0 atom stereocenters. The van der Waals surface area contributed by atoms with Gasteiger partial charge < -0.3 is 9.32 Å². The molecule has 3 heterocycles. The quantitative estimate of drug-likeness (QED) is 0.635. The molecule has 2 aromatic carbocycles. The van der Waals surface area contributed by atoms with Gasteiger partial charge in [0.15, 0.2) is 5.76 Å². The molecule has 0 N–H and O–H groups in total. The van der Waals surface area contributed by atoms with Crippen LogP contribution in [0.1, 0.15) is 17.7 Å². The molecule has 5 rings (SSSR count). The Balaban J connectivity index is 1.20. The molecule has 0 radical (unpaired) electrons. The fraction of sp³-hybridized carbons (Fsp3) is 0.240. The van der Waals surface area contributed by atoms with Gasteiger partial charge >= 0.3 is 0 Å². The number of aliphatic imine (C=N–C) groups is 1. The Bertz CT molecular complexity index is 1100. The van der Waals surface area contributed by atoms with Crippen molar-refractivity contribution in [1.29, 1.82) is 0 Å². The molecule has 29 heavy (non-hydrogen) atoms. The fourth-order valence-electron chi connectivity index (χ4n) is 3.95. The molecule has 3 aromatic rings. The zero-order valence-corrected chi connectivity index (χ0v) is 16.3. The van der Waals surface area contributed by atoms with Gasteiger partial charge in [0.1, 0.15) is 5.58 Å². The van der Waals surface area contributed by atoms with Crippen LogP contribution in [-0.4, -0.2) is 42.3 Å². The van der Waals surface area contributed by atoms with Gasteiger partial charge in [0.2, 0.25) is 0 Å². The lowest BCUT2D eigenvalue weighted by atomic mass is 10.0. The van der Waals surface area contributed by atoms with Gasteiger partial charge in [-0.25, -0.2) is 4.99 Å². The summed E-state index contributed by atoms with van der Waals surface area (Å²) in [5.41, 5.74) is 4.88. The molecular formula is C25H23N3O. The number of benzene rings is 2. The fourth-order valence-corrected chi connectivity index (χ4v) is 3.95. The van der Waals surface area contributed by atoms with Gasteiger partial charge in [-0.05, 0) is 23.1 Å². The van der Waals surface area contributed by atoms with E-state index in [-0.39, 0.29) is 0 Å². The number of para-hydroxylation sites is 1. The number of rotatable bonds is 3. The maximum Gasteiger partial charge on any atom is 0.178 e. The van der Waals surface area contributed by atoms with Crippen LogP contribution in [0.2, 0.25) is 0 Å². The topological polar surface area (TPSA) is 32.0 Å². The Morgan fingerprint density at radius 1 is 1.00 bits per heavy atom. The van der Waals surface area contributed by atoms with Crippen LogP contribution in [0.5, 0.6) is 0 Å². The van der Waals surface area contributed by atoms with Crippen molar-refractivity contribution >= 4 is 17.3 Å². The van der Waals surface area contributed by atoms with Crippen LogP contribution in [0.4, 0.5) is 0 Å². The summed E-state index contributed by atoms with van der Waals surface area (Å²) in [6.07, 6.45) is 3.00. The Morgan fingerprint density at radius 2 is 1.86 bits per heavy atom. The van der Waals surface area contributed by atoms with Gasteiger partial charge in [-0.1, -0.05) is 54.5 Å². The lowest BCUT2D eigenvalue weighted by molar-refractivity contribution is 0.300. The van der Waals surface area contributed by atoms with Gasteiger partial charge in [-0.3, -0.25) is 4.90 Å². The molecular weight excluding hydrogens is 358 g/mol. The van der Waals surface area contributed by atoms with Crippen LogP contribution in [0, 0.1) is 11.8 Å². The van der Waals surface area contributed by atoms with Crippen molar-refractivity contribution in [2.24, 2.45) is 4.99 Å². The Kier molecular flexibility index (Phi) is 4.90. The lowest BCUT2D eigenvalue weighted by Crippen LogP contribution is -2.38. The molecule has 0 saturated carbocycles. The molecule has 2 aliphatic rings. The Labute approximate surface area is 171 Å². The van der Waals surface area contributed by atoms with Crippen LogP contribution >= 0.6 is 0 Å². The van der Waals surface area contributed by atoms with E-state index in [2.05, 4.69) is 52.0 Å². The van der Waals surface area contributed by atoms with Crippen molar-refractivity contribution in [3.05, 3.63) is 83.3 Å². The maximum atomic E-state index is 5.79. The zero-order chi connectivity index (χ0) is 19.5. The number of nitrogens with zero attached hydrogens (tertiary/aromatic N) is 3. The molecule has 2 aliphatic heterocycles. The van der Waals surface area contributed by atoms with Crippen LogP contribution < -0.4 is 0 Å². The minimum Gasteiger partial charge on any atom is -0.448 e. The van der Waals surface area contributed by atoms with Crippen molar-refractivity contribution in [3.8, 4) is 11.8 Å². The standard InChI is InChI=1S/C25H23N3O/c1-2-7-20(8-3-1)16-28-18-22-17-27(14-12-24(22)26-19-28)13-6-10-23-15-21-9-4-5-11-25(21)29-23/h1-5,7-9,11,15,19H,12-14,16-18H2. The van der Waals surface area contributed by atoms with Gasteiger partial charge in [0.25, 0.3) is 0 Å². The first-order chi connectivity index (χ1) is 14.3. The Morgan fingerprint density at radius 3 is 2.76 bits per heavy atom. The number of fused-ring (bicyclic) bond motifs is 1. The summed E-state index contributed by atoms with van der Waals surface area (Å²) < 4.78 is 5.79. The summed E-state index contributed by atoms with van der Waals surface area (Å²) in [6.45, 7) is 4.53. The van der Waals surface area contributed by atoms with Gasteiger partial charge in [-0.15, -0.1) is 0 Å². The summed E-state index contributed by atoms with van der Waals surface area (Å²) in [5, 5.41) is 1.10. The van der Waals surface area contributed by atoms with E-state index < -0.39 is 0 Å². The minimum atomic E-state index is 0.736. The third kappa shape index (κ3) is 4.11. The summed E-state index contributed by atoms with van der Waals surface area (Å²) in [6, 6.07) is 20.6. The summed E-state index contributed by atoms with van der Waals surface area (Å²) in [7, 11) is 0. The molecule has 0 aliphatic carbocycles. The number of hydrogen-bond donors (Lipinski definition) is 0. The second-order valence-corrected chi connectivity index (χ2v) is 7.60. The van der Waals surface area contributed by atoms with Crippen molar-refractivity contribution in [2.75, 3.05) is 26.2 Å². The molecule has 4 nitrogen and oxygen atoms in total.